The Balaban J connectivity index is 1.36. The van der Waals surface area contributed by atoms with E-state index in [1.54, 1.807) is 24.5 Å². The van der Waals surface area contributed by atoms with Crippen LogP contribution in [0.4, 0.5) is 10.1 Å². The molecule has 7 nitrogen and oxygen atoms in total. The van der Waals surface area contributed by atoms with E-state index in [0.717, 1.165) is 36.2 Å². The summed E-state index contributed by atoms with van der Waals surface area (Å²) in [5, 5.41) is 2.77. The van der Waals surface area contributed by atoms with Gasteiger partial charge in [-0.2, -0.15) is 0 Å². The number of rotatable bonds is 4. The zero-order valence-electron chi connectivity index (χ0n) is 17.0. The molecule has 0 saturated carbocycles. The van der Waals surface area contributed by atoms with Gasteiger partial charge < -0.3 is 10.3 Å². The smallest absolute Gasteiger partial charge is 0.258 e. The fourth-order valence-electron chi connectivity index (χ4n) is 4.03. The van der Waals surface area contributed by atoms with E-state index in [-0.39, 0.29) is 11.6 Å². The van der Waals surface area contributed by atoms with Gasteiger partial charge in [-0.1, -0.05) is 6.07 Å². The fourth-order valence-corrected chi connectivity index (χ4v) is 4.03. The highest BCUT2D eigenvalue weighted by molar-refractivity contribution is 6.05. The van der Waals surface area contributed by atoms with Crippen LogP contribution in [0.3, 0.4) is 0 Å². The van der Waals surface area contributed by atoms with Crippen molar-refractivity contribution in [1.29, 1.82) is 0 Å². The van der Waals surface area contributed by atoms with Gasteiger partial charge in [0.1, 0.15) is 11.6 Å². The summed E-state index contributed by atoms with van der Waals surface area (Å²) in [7, 11) is 2.10. The number of nitrogens with zero attached hydrogens (tertiary/aromatic N) is 4. The highest BCUT2D eigenvalue weighted by Gasteiger charge is 2.25. The molecule has 1 saturated heterocycles. The van der Waals surface area contributed by atoms with Crippen LogP contribution < -0.4 is 5.32 Å². The number of hydrogen-bond acceptors (Lipinski definition) is 5. The standard InChI is InChI=1S/C23H21FN6O/c1-30-10-2-3-21(30)22-28-18-7-5-15(12-19(18)29-22)27-23(31)16-6-4-14(11-17(16)24)20-13-25-8-9-26-20/h4-9,11-13,21H,2-3,10H2,1H3,(H,27,31)(H,28,29). The van der Waals surface area contributed by atoms with Crippen LogP contribution >= 0.6 is 0 Å². The molecule has 3 heterocycles. The normalized spacial score (nSPS) is 16.6. The third-order valence-corrected chi connectivity index (χ3v) is 5.67. The quantitative estimate of drug-likeness (QED) is 0.521. The minimum atomic E-state index is -0.616. The first kappa shape index (κ1) is 19.3. The number of fused-ring (bicyclic) bond motifs is 1. The molecule has 2 aromatic heterocycles. The minimum absolute atomic E-state index is 0.0365. The van der Waals surface area contributed by atoms with E-state index in [1.807, 2.05) is 12.1 Å². The summed E-state index contributed by atoms with van der Waals surface area (Å²) < 4.78 is 14.6. The van der Waals surface area contributed by atoms with Crippen molar-refractivity contribution < 1.29 is 9.18 Å². The largest absolute Gasteiger partial charge is 0.341 e. The molecule has 1 fully saturated rings. The molecule has 0 spiro atoms. The van der Waals surface area contributed by atoms with Crippen molar-refractivity contribution in [3.05, 3.63) is 72.2 Å². The second-order valence-electron chi connectivity index (χ2n) is 7.73. The van der Waals surface area contributed by atoms with Crippen molar-refractivity contribution in [3.8, 4) is 11.3 Å². The number of amides is 1. The molecule has 2 aromatic carbocycles. The Labute approximate surface area is 178 Å². The molecule has 0 bridgehead atoms. The van der Waals surface area contributed by atoms with Crippen molar-refractivity contribution in [2.45, 2.75) is 18.9 Å². The van der Waals surface area contributed by atoms with E-state index in [2.05, 4.69) is 32.2 Å². The van der Waals surface area contributed by atoms with Gasteiger partial charge in [0.15, 0.2) is 0 Å². The summed E-state index contributed by atoms with van der Waals surface area (Å²) in [6, 6.07) is 10.1. The molecule has 0 radical (unpaired) electrons. The van der Waals surface area contributed by atoms with E-state index in [0.29, 0.717) is 16.9 Å². The van der Waals surface area contributed by atoms with Crippen molar-refractivity contribution in [1.82, 2.24) is 24.8 Å². The molecule has 8 heteroatoms. The molecule has 1 aliphatic heterocycles. The van der Waals surface area contributed by atoms with Gasteiger partial charge in [-0.3, -0.25) is 19.7 Å². The predicted octanol–water partition coefficient (Wildman–Crippen LogP) is 4.18. The van der Waals surface area contributed by atoms with Crippen LogP contribution in [0.5, 0.6) is 0 Å². The first-order chi connectivity index (χ1) is 15.1. The van der Waals surface area contributed by atoms with Crippen molar-refractivity contribution in [2.75, 3.05) is 18.9 Å². The van der Waals surface area contributed by atoms with Gasteiger partial charge in [0, 0.05) is 23.6 Å². The van der Waals surface area contributed by atoms with Gasteiger partial charge in [-0.25, -0.2) is 9.37 Å². The summed E-state index contributed by atoms with van der Waals surface area (Å²) >= 11 is 0. The number of imidazole rings is 1. The average molecular weight is 416 g/mol. The Morgan fingerprint density at radius 1 is 1.23 bits per heavy atom. The summed E-state index contributed by atoms with van der Waals surface area (Å²) in [6.07, 6.45) is 6.86. The lowest BCUT2D eigenvalue weighted by atomic mass is 10.1. The maximum Gasteiger partial charge on any atom is 0.258 e. The first-order valence-corrected chi connectivity index (χ1v) is 10.2. The number of carbonyl (C=O) groups is 1. The van der Waals surface area contributed by atoms with Crippen molar-refractivity contribution in [3.63, 3.8) is 0 Å². The van der Waals surface area contributed by atoms with E-state index in [1.165, 1.54) is 18.3 Å². The molecule has 1 aliphatic rings. The number of nitrogens with one attached hydrogen (secondary N) is 2. The van der Waals surface area contributed by atoms with Crippen LogP contribution in [-0.2, 0) is 0 Å². The molecule has 4 aromatic rings. The minimum Gasteiger partial charge on any atom is -0.341 e. The van der Waals surface area contributed by atoms with Gasteiger partial charge in [0.2, 0.25) is 0 Å². The maximum absolute atomic E-state index is 14.6. The van der Waals surface area contributed by atoms with Crippen molar-refractivity contribution >= 4 is 22.6 Å². The highest BCUT2D eigenvalue weighted by Crippen LogP contribution is 2.30. The van der Waals surface area contributed by atoms with Crippen LogP contribution in [-0.4, -0.2) is 44.3 Å². The molecule has 156 valence electrons. The Kier molecular flexibility index (Phi) is 4.91. The van der Waals surface area contributed by atoms with Gasteiger partial charge in [0.25, 0.3) is 5.91 Å². The van der Waals surface area contributed by atoms with Crippen LogP contribution in [0.2, 0.25) is 0 Å². The van der Waals surface area contributed by atoms with Crippen molar-refractivity contribution in [2.24, 2.45) is 0 Å². The van der Waals surface area contributed by atoms with Crippen LogP contribution in [0, 0.1) is 5.82 Å². The van der Waals surface area contributed by atoms with Gasteiger partial charge >= 0.3 is 0 Å². The highest BCUT2D eigenvalue weighted by atomic mass is 19.1. The first-order valence-electron chi connectivity index (χ1n) is 10.2. The van der Waals surface area contributed by atoms with E-state index in [9.17, 15) is 9.18 Å². The zero-order chi connectivity index (χ0) is 21.4. The lowest BCUT2D eigenvalue weighted by Crippen LogP contribution is -2.18. The Morgan fingerprint density at radius 2 is 2.13 bits per heavy atom. The number of hydrogen-bond donors (Lipinski definition) is 2. The number of H-pyrrole nitrogens is 1. The number of carbonyl (C=O) groups excluding carboxylic acids is 1. The number of aromatic nitrogens is 4. The third kappa shape index (κ3) is 3.77. The summed E-state index contributed by atoms with van der Waals surface area (Å²) in [5.41, 5.74) is 3.32. The monoisotopic (exact) mass is 416 g/mol. The maximum atomic E-state index is 14.6. The Morgan fingerprint density at radius 3 is 2.87 bits per heavy atom. The second kappa shape index (κ2) is 7.88. The van der Waals surface area contributed by atoms with Gasteiger partial charge in [-0.05, 0) is 56.8 Å². The van der Waals surface area contributed by atoms with E-state index in [4.69, 9.17) is 4.98 Å². The number of anilines is 1. The zero-order valence-corrected chi connectivity index (χ0v) is 17.0. The Hall–Kier alpha value is -3.65. The van der Waals surface area contributed by atoms with E-state index < -0.39 is 11.7 Å². The average Bonchev–Trinajstić information content (AvgIpc) is 3.39. The molecule has 1 unspecified atom stereocenters. The van der Waals surface area contributed by atoms with Gasteiger partial charge in [-0.15, -0.1) is 0 Å². The summed E-state index contributed by atoms with van der Waals surface area (Å²) in [5.74, 6) is -0.197. The third-order valence-electron chi connectivity index (χ3n) is 5.67. The summed E-state index contributed by atoms with van der Waals surface area (Å²) in [6.45, 7) is 1.06. The molecule has 2 N–H and O–H groups in total. The lowest BCUT2D eigenvalue weighted by molar-refractivity contribution is 0.102. The van der Waals surface area contributed by atoms with Crippen LogP contribution in [0.25, 0.3) is 22.3 Å². The molecule has 1 atom stereocenters. The summed E-state index contributed by atoms with van der Waals surface area (Å²) in [4.78, 5) is 31.2. The van der Waals surface area contributed by atoms with Crippen LogP contribution in [0.15, 0.2) is 55.0 Å². The van der Waals surface area contributed by atoms with E-state index >= 15 is 0 Å². The SMILES string of the molecule is CN1CCCC1c1nc2ccc(NC(=O)c3ccc(-c4cnccn4)cc3F)cc2[nH]1. The number of benzene rings is 2. The molecule has 31 heavy (non-hydrogen) atoms. The molecule has 1 amide bonds. The molecular weight excluding hydrogens is 395 g/mol. The number of likely N-dealkylation sites (tertiary alicyclic amines) is 1. The second-order valence-corrected chi connectivity index (χ2v) is 7.73. The fraction of sp³-hybridized carbons (Fsp3) is 0.217. The number of halogens is 1. The topological polar surface area (TPSA) is 86.8 Å². The Bertz CT molecular complexity index is 1260. The number of aromatic amines is 1. The molecular formula is C23H21FN6O. The predicted molar refractivity (Wildman–Crippen MR) is 116 cm³/mol. The molecule has 5 rings (SSSR count). The van der Waals surface area contributed by atoms with Crippen LogP contribution in [0.1, 0.15) is 35.1 Å². The molecule has 0 aliphatic carbocycles. The lowest BCUT2D eigenvalue weighted by Gasteiger charge is -2.16. The van der Waals surface area contributed by atoms with Gasteiger partial charge in [0.05, 0.1) is 34.5 Å².